The Balaban J connectivity index is 1.45. The molecular formula is C23H31N3O3S. The van der Waals surface area contributed by atoms with E-state index in [1.807, 2.05) is 38.1 Å². The molecule has 0 spiro atoms. The second-order valence-corrected chi connectivity index (χ2v) is 10.9. The van der Waals surface area contributed by atoms with Crippen molar-refractivity contribution in [2.75, 3.05) is 0 Å². The summed E-state index contributed by atoms with van der Waals surface area (Å²) in [6.07, 6.45) is 6.72. The monoisotopic (exact) mass is 429 g/mol. The smallest absolute Gasteiger partial charge is 0.256 e. The van der Waals surface area contributed by atoms with Crippen molar-refractivity contribution in [1.82, 2.24) is 15.5 Å². The Labute approximate surface area is 182 Å². The third-order valence-electron chi connectivity index (χ3n) is 6.50. The Hall–Kier alpha value is -2.02. The van der Waals surface area contributed by atoms with Gasteiger partial charge in [-0.2, -0.15) is 0 Å². The molecule has 0 aromatic heterocycles. The van der Waals surface area contributed by atoms with Crippen molar-refractivity contribution in [2.45, 2.75) is 87.5 Å². The third-order valence-corrected chi connectivity index (χ3v) is 8.03. The highest BCUT2D eigenvalue weighted by molar-refractivity contribution is 8.01. The van der Waals surface area contributed by atoms with Gasteiger partial charge in [0.2, 0.25) is 11.8 Å². The van der Waals surface area contributed by atoms with Gasteiger partial charge in [0.15, 0.2) is 0 Å². The van der Waals surface area contributed by atoms with Crippen LogP contribution < -0.4 is 10.6 Å². The summed E-state index contributed by atoms with van der Waals surface area (Å²) < 4.78 is -0.449. The van der Waals surface area contributed by atoms with Gasteiger partial charge in [0.25, 0.3) is 5.91 Å². The number of nitrogens with one attached hydrogen (secondary N) is 2. The highest BCUT2D eigenvalue weighted by atomic mass is 32.2. The summed E-state index contributed by atoms with van der Waals surface area (Å²) in [5.74, 6) is -0.518. The van der Waals surface area contributed by atoms with Crippen molar-refractivity contribution in [2.24, 2.45) is 0 Å². The zero-order chi connectivity index (χ0) is 21.5. The first-order valence-corrected chi connectivity index (χ1v) is 11.9. The van der Waals surface area contributed by atoms with E-state index in [2.05, 4.69) is 10.6 Å². The van der Waals surface area contributed by atoms with Crippen molar-refractivity contribution in [3.8, 4) is 0 Å². The van der Waals surface area contributed by atoms with E-state index in [0.717, 1.165) is 31.2 Å². The maximum atomic E-state index is 13.3. The Morgan fingerprint density at radius 1 is 1.13 bits per heavy atom. The molecule has 0 bridgehead atoms. The second kappa shape index (κ2) is 8.25. The van der Waals surface area contributed by atoms with Gasteiger partial charge in [-0.1, -0.05) is 43.9 Å². The van der Waals surface area contributed by atoms with E-state index in [9.17, 15) is 14.4 Å². The number of amides is 3. The molecule has 162 valence electrons. The minimum atomic E-state index is -0.638. The molecule has 7 heteroatoms. The van der Waals surface area contributed by atoms with Gasteiger partial charge in [-0.25, -0.2) is 0 Å². The number of nitrogens with zero attached hydrogens (tertiary/aromatic N) is 1. The molecule has 3 atom stereocenters. The molecule has 2 N–H and O–H groups in total. The molecule has 2 aliphatic heterocycles. The maximum Gasteiger partial charge on any atom is 0.256 e. The van der Waals surface area contributed by atoms with Crippen LogP contribution in [0.15, 0.2) is 24.3 Å². The molecule has 2 heterocycles. The number of thioether (sulfide) groups is 1. The first-order valence-electron chi connectivity index (χ1n) is 11.0. The van der Waals surface area contributed by atoms with Crippen molar-refractivity contribution >= 4 is 29.5 Å². The van der Waals surface area contributed by atoms with Crippen LogP contribution in [0.4, 0.5) is 0 Å². The van der Waals surface area contributed by atoms with Crippen LogP contribution in [0, 0.1) is 0 Å². The van der Waals surface area contributed by atoms with Crippen LogP contribution >= 0.6 is 11.8 Å². The Kier molecular flexibility index (Phi) is 5.84. The molecule has 0 radical (unpaired) electrons. The number of carbonyl (C=O) groups is 3. The van der Waals surface area contributed by atoms with E-state index in [4.69, 9.17) is 0 Å². The molecule has 30 heavy (non-hydrogen) atoms. The van der Waals surface area contributed by atoms with E-state index in [-0.39, 0.29) is 29.1 Å². The van der Waals surface area contributed by atoms with Crippen LogP contribution in [0.2, 0.25) is 0 Å². The quantitative estimate of drug-likeness (QED) is 0.720. The van der Waals surface area contributed by atoms with Gasteiger partial charge in [0, 0.05) is 16.4 Å². The number of fused-ring (bicyclic) bond motifs is 3. The van der Waals surface area contributed by atoms with Crippen LogP contribution in [-0.4, -0.2) is 45.5 Å². The zero-order valence-electron chi connectivity index (χ0n) is 17.9. The summed E-state index contributed by atoms with van der Waals surface area (Å²) in [5.41, 5.74) is 1.64. The normalized spacial score (nSPS) is 26.5. The molecule has 1 saturated heterocycles. The summed E-state index contributed by atoms with van der Waals surface area (Å²) >= 11 is 1.63. The van der Waals surface area contributed by atoms with E-state index in [0.29, 0.717) is 5.56 Å². The lowest BCUT2D eigenvalue weighted by atomic mass is 10.00. The standard InChI is InChI=1S/C23H31N3O3S/c1-14(19(27)25-15-10-6-4-5-7-11-15)24-20(28)18-23(2,3)30-22-17-13-9-8-12-16(17)21(29)26(18)22/h8-9,12-15,18,22H,4-7,10-11H2,1-3H3,(H,24,28)(H,25,27). The fourth-order valence-corrected chi connectivity index (χ4v) is 6.50. The Morgan fingerprint density at radius 2 is 1.80 bits per heavy atom. The number of hydrogen-bond donors (Lipinski definition) is 2. The minimum absolute atomic E-state index is 0.107. The van der Waals surface area contributed by atoms with Gasteiger partial charge < -0.3 is 15.5 Å². The topological polar surface area (TPSA) is 78.5 Å². The molecule has 1 aliphatic carbocycles. The van der Waals surface area contributed by atoms with Crippen LogP contribution in [0.5, 0.6) is 0 Å². The van der Waals surface area contributed by atoms with Gasteiger partial charge in [-0.3, -0.25) is 14.4 Å². The second-order valence-electron chi connectivity index (χ2n) is 9.20. The van der Waals surface area contributed by atoms with Crippen molar-refractivity contribution in [3.05, 3.63) is 35.4 Å². The Morgan fingerprint density at radius 3 is 2.50 bits per heavy atom. The maximum absolute atomic E-state index is 13.3. The van der Waals surface area contributed by atoms with Gasteiger partial charge in [-0.05, 0) is 45.2 Å². The predicted octanol–water partition coefficient (Wildman–Crippen LogP) is 3.38. The number of benzene rings is 1. The lowest BCUT2D eigenvalue weighted by Gasteiger charge is -2.30. The molecule has 3 unspecified atom stereocenters. The first-order chi connectivity index (χ1) is 14.3. The molecule has 1 aromatic carbocycles. The minimum Gasteiger partial charge on any atom is -0.352 e. The van der Waals surface area contributed by atoms with Crippen LogP contribution in [0.25, 0.3) is 0 Å². The van der Waals surface area contributed by atoms with E-state index in [1.54, 1.807) is 23.6 Å². The van der Waals surface area contributed by atoms with Crippen molar-refractivity contribution in [1.29, 1.82) is 0 Å². The molecule has 3 aliphatic rings. The van der Waals surface area contributed by atoms with Crippen LogP contribution in [0.1, 0.15) is 80.6 Å². The highest BCUT2D eigenvalue weighted by Gasteiger charge is 2.57. The average Bonchev–Trinajstić information content (AvgIpc) is 2.97. The Bertz CT molecular complexity index is 848. The average molecular weight is 430 g/mol. The van der Waals surface area contributed by atoms with Gasteiger partial charge in [0.05, 0.1) is 0 Å². The summed E-state index contributed by atoms with van der Waals surface area (Å²) in [6, 6.07) is 6.49. The lowest BCUT2D eigenvalue weighted by Crippen LogP contribution is -2.57. The molecule has 4 rings (SSSR count). The molecule has 6 nitrogen and oxygen atoms in total. The summed E-state index contributed by atoms with van der Waals surface area (Å²) in [6.45, 7) is 5.70. The molecule has 1 saturated carbocycles. The molecule has 2 fully saturated rings. The van der Waals surface area contributed by atoms with Gasteiger partial charge in [0.1, 0.15) is 17.5 Å². The summed E-state index contributed by atoms with van der Waals surface area (Å²) in [4.78, 5) is 40.7. The number of hydrogen-bond acceptors (Lipinski definition) is 4. The fraction of sp³-hybridized carbons (Fsp3) is 0.609. The van der Waals surface area contributed by atoms with Gasteiger partial charge in [-0.15, -0.1) is 11.8 Å². The molecular weight excluding hydrogens is 398 g/mol. The van der Waals surface area contributed by atoms with Crippen molar-refractivity contribution in [3.63, 3.8) is 0 Å². The summed E-state index contributed by atoms with van der Waals surface area (Å²) in [7, 11) is 0. The molecule has 1 aromatic rings. The van der Waals surface area contributed by atoms with Crippen LogP contribution in [-0.2, 0) is 9.59 Å². The van der Waals surface area contributed by atoms with Gasteiger partial charge >= 0.3 is 0 Å². The van der Waals surface area contributed by atoms with Crippen molar-refractivity contribution < 1.29 is 14.4 Å². The van der Waals surface area contributed by atoms with E-state index >= 15 is 0 Å². The predicted molar refractivity (Wildman–Crippen MR) is 118 cm³/mol. The third kappa shape index (κ3) is 3.84. The SMILES string of the molecule is CC(NC(=O)C1N2C(=O)c3ccccc3C2SC1(C)C)C(=O)NC1CCCCCC1. The highest BCUT2D eigenvalue weighted by Crippen LogP contribution is 2.56. The molecule has 3 amide bonds. The van der Waals surface area contributed by atoms with Crippen LogP contribution in [0.3, 0.4) is 0 Å². The first kappa shape index (κ1) is 21.2. The van der Waals surface area contributed by atoms with E-state index in [1.165, 1.54) is 12.8 Å². The fourth-order valence-electron chi connectivity index (χ4n) is 4.91. The van der Waals surface area contributed by atoms with E-state index < -0.39 is 16.8 Å². The largest absolute Gasteiger partial charge is 0.352 e. The zero-order valence-corrected chi connectivity index (χ0v) is 18.8. The summed E-state index contributed by atoms with van der Waals surface area (Å²) in [5, 5.41) is 5.83. The number of carbonyl (C=O) groups excluding carboxylic acids is 3. The lowest BCUT2D eigenvalue weighted by molar-refractivity contribution is -0.131. The number of rotatable bonds is 4.